The van der Waals surface area contributed by atoms with E-state index in [-0.39, 0.29) is 48.7 Å². The minimum absolute atomic E-state index is 0.0264. The molecule has 0 radical (unpaired) electrons. The number of hydrogen-bond acceptors (Lipinski definition) is 6. The van der Waals surface area contributed by atoms with Gasteiger partial charge in [0.05, 0.1) is 18.6 Å². The normalized spacial score (nSPS) is 39.8. The van der Waals surface area contributed by atoms with E-state index in [1.54, 1.807) is 0 Å². The topological polar surface area (TPSA) is 63.2 Å². The third-order valence-electron chi connectivity index (χ3n) is 8.10. The summed E-state index contributed by atoms with van der Waals surface area (Å²) in [6.45, 7) is 1.58. The molecule has 0 aromatic rings. The number of rotatable bonds is 7. The smallest absolute Gasteiger partial charge is 0.306 e. The molecule has 5 aliphatic rings. The summed E-state index contributed by atoms with van der Waals surface area (Å²) >= 11 is 0. The van der Waals surface area contributed by atoms with Crippen molar-refractivity contribution >= 4 is 5.97 Å². The molecule has 2 aliphatic carbocycles. The fourth-order valence-corrected chi connectivity index (χ4v) is 6.33. The fraction of sp³-hybridized carbons (Fsp3) is 0.885. The van der Waals surface area contributed by atoms with Crippen LogP contribution < -0.4 is 0 Å². The van der Waals surface area contributed by atoms with Crippen molar-refractivity contribution in [2.75, 3.05) is 13.2 Å². The minimum Gasteiger partial charge on any atom is -0.462 e. The predicted octanol–water partition coefficient (Wildman–Crippen LogP) is 4.90. The van der Waals surface area contributed by atoms with Gasteiger partial charge in [-0.05, 0) is 57.3 Å². The van der Waals surface area contributed by atoms with Crippen LogP contribution in [0.1, 0.15) is 83.5 Å². The van der Waals surface area contributed by atoms with E-state index in [0.29, 0.717) is 12.3 Å². The van der Waals surface area contributed by atoms with E-state index in [0.717, 1.165) is 51.7 Å². The summed E-state index contributed by atoms with van der Waals surface area (Å²) in [7, 11) is 0. The van der Waals surface area contributed by atoms with Gasteiger partial charge < -0.3 is 23.7 Å². The van der Waals surface area contributed by atoms with E-state index in [1.165, 1.54) is 38.5 Å². The molecule has 5 fully saturated rings. The van der Waals surface area contributed by atoms with E-state index >= 15 is 0 Å². The number of esters is 1. The van der Waals surface area contributed by atoms with E-state index in [4.69, 9.17) is 23.7 Å². The van der Waals surface area contributed by atoms with E-state index in [1.807, 2.05) is 0 Å². The molecule has 0 aromatic heterocycles. The Morgan fingerprint density at radius 3 is 2.31 bits per heavy atom. The Morgan fingerprint density at radius 1 is 0.875 bits per heavy atom. The molecule has 7 atom stereocenters. The zero-order valence-electron chi connectivity index (χ0n) is 19.3. The van der Waals surface area contributed by atoms with Crippen LogP contribution in [0.2, 0.25) is 0 Å². The van der Waals surface area contributed by atoms with Gasteiger partial charge in [0.1, 0.15) is 6.10 Å². The van der Waals surface area contributed by atoms with Gasteiger partial charge >= 0.3 is 5.97 Å². The molecule has 3 saturated heterocycles. The van der Waals surface area contributed by atoms with Crippen LogP contribution in [0.25, 0.3) is 0 Å². The standard InChI is InChI=1S/C26H40O6/c27-24-16-20-19(22(17-23(20)30-24)32-26-11-5-7-15-29-26)12-13-21(18-8-2-1-3-9-18)31-25-10-4-6-14-28-25/h12-13,18-23,25-26H,1-11,14-17H2/t19-,20-,21-,22-,23+,25?,26?/m1/s1. The van der Waals surface area contributed by atoms with Crippen LogP contribution in [-0.4, -0.2) is 50.1 Å². The highest BCUT2D eigenvalue weighted by Crippen LogP contribution is 2.44. The first-order valence-corrected chi connectivity index (χ1v) is 13.2. The molecule has 3 heterocycles. The van der Waals surface area contributed by atoms with Gasteiger partial charge in [0.25, 0.3) is 0 Å². The van der Waals surface area contributed by atoms with Gasteiger partial charge in [0, 0.05) is 31.5 Å². The largest absolute Gasteiger partial charge is 0.462 e. The first-order chi connectivity index (χ1) is 15.8. The van der Waals surface area contributed by atoms with E-state index in [2.05, 4.69) is 12.2 Å². The molecule has 180 valence electrons. The quantitative estimate of drug-likeness (QED) is 0.408. The van der Waals surface area contributed by atoms with Crippen molar-refractivity contribution in [3.63, 3.8) is 0 Å². The zero-order chi connectivity index (χ0) is 21.8. The third-order valence-corrected chi connectivity index (χ3v) is 8.10. The van der Waals surface area contributed by atoms with Crippen LogP contribution in [0.5, 0.6) is 0 Å². The number of carbonyl (C=O) groups is 1. The molecule has 0 bridgehead atoms. The van der Waals surface area contributed by atoms with E-state index in [9.17, 15) is 4.79 Å². The summed E-state index contributed by atoms with van der Waals surface area (Å²) in [6, 6.07) is 0. The molecule has 2 unspecified atom stereocenters. The van der Waals surface area contributed by atoms with Gasteiger partial charge in [-0.1, -0.05) is 31.4 Å². The monoisotopic (exact) mass is 448 g/mol. The lowest BCUT2D eigenvalue weighted by molar-refractivity contribution is -0.194. The van der Waals surface area contributed by atoms with Crippen LogP contribution in [0, 0.1) is 17.8 Å². The molecular formula is C26H40O6. The number of ether oxygens (including phenoxy) is 5. The molecule has 5 rings (SSSR count). The van der Waals surface area contributed by atoms with Crippen LogP contribution >= 0.6 is 0 Å². The fourth-order valence-electron chi connectivity index (χ4n) is 6.33. The zero-order valence-corrected chi connectivity index (χ0v) is 19.3. The number of carbonyl (C=O) groups excluding carboxylic acids is 1. The Kier molecular flexibility index (Phi) is 7.83. The molecule has 0 N–H and O–H groups in total. The summed E-state index contributed by atoms with van der Waals surface area (Å²) in [5.41, 5.74) is 0. The summed E-state index contributed by atoms with van der Waals surface area (Å²) in [6.07, 6.45) is 18.5. The maximum atomic E-state index is 12.0. The molecule has 0 aromatic carbocycles. The summed E-state index contributed by atoms with van der Waals surface area (Å²) in [5.74, 6) is 0.843. The maximum absolute atomic E-state index is 12.0. The first kappa shape index (κ1) is 22.8. The van der Waals surface area contributed by atoms with Crippen LogP contribution in [-0.2, 0) is 28.5 Å². The average Bonchev–Trinajstić information content (AvgIpc) is 3.34. The molecule has 32 heavy (non-hydrogen) atoms. The van der Waals surface area contributed by atoms with Crippen molar-refractivity contribution in [1.29, 1.82) is 0 Å². The first-order valence-electron chi connectivity index (χ1n) is 13.2. The SMILES string of the molecule is O=C1C[C@@H]2[C@@H](C=C[C@@H](OC3CCCCO3)C3CCCCC3)[C@H](OC3CCCCO3)C[C@@H]2O1. The highest BCUT2D eigenvalue weighted by molar-refractivity contribution is 5.72. The van der Waals surface area contributed by atoms with Gasteiger partial charge in [-0.25, -0.2) is 0 Å². The molecule has 0 amide bonds. The average molecular weight is 449 g/mol. The van der Waals surface area contributed by atoms with Crippen molar-refractivity contribution in [1.82, 2.24) is 0 Å². The highest BCUT2D eigenvalue weighted by Gasteiger charge is 2.50. The van der Waals surface area contributed by atoms with Gasteiger partial charge in [0.2, 0.25) is 0 Å². The van der Waals surface area contributed by atoms with Crippen LogP contribution in [0.15, 0.2) is 12.2 Å². The van der Waals surface area contributed by atoms with Crippen molar-refractivity contribution in [2.24, 2.45) is 17.8 Å². The summed E-state index contributed by atoms with van der Waals surface area (Å²) in [4.78, 5) is 12.0. The molecule has 0 spiro atoms. The lowest BCUT2D eigenvalue weighted by Gasteiger charge is -2.33. The summed E-state index contributed by atoms with van der Waals surface area (Å²) < 4.78 is 30.4. The van der Waals surface area contributed by atoms with Crippen molar-refractivity contribution in [2.45, 2.75) is 114 Å². The lowest BCUT2D eigenvalue weighted by atomic mass is 9.84. The maximum Gasteiger partial charge on any atom is 0.306 e. The second-order valence-electron chi connectivity index (χ2n) is 10.4. The predicted molar refractivity (Wildman–Crippen MR) is 119 cm³/mol. The Labute approximate surface area is 192 Å². The van der Waals surface area contributed by atoms with Crippen molar-refractivity contribution in [3.8, 4) is 0 Å². The molecule has 3 aliphatic heterocycles. The minimum atomic E-state index is -0.125. The second kappa shape index (κ2) is 11.0. The molecular weight excluding hydrogens is 408 g/mol. The highest BCUT2D eigenvalue weighted by atomic mass is 16.7. The van der Waals surface area contributed by atoms with Gasteiger partial charge in [0.15, 0.2) is 12.6 Å². The van der Waals surface area contributed by atoms with E-state index < -0.39 is 0 Å². The van der Waals surface area contributed by atoms with Gasteiger partial charge in [-0.3, -0.25) is 4.79 Å². The Bertz CT molecular complexity index is 632. The molecule has 6 nitrogen and oxygen atoms in total. The van der Waals surface area contributed by atoms with Crippen LogP contribution in [0.4, 0.5) is 0 Å². The Morgan fingerprint density at radius 2 is 1.59 bits per heavy atom. The van der Waals surface area contributed by atoms with Crippen LogP contribution in [0.3, 0.4) is 0 Å². The van der Waals surface area contributed by atoms with Gasteiger partial charge in [-0.15, -0.1) is 0 Å². The third kappa shape index (κ3) is 5.57. The number of fused-ring (bicyclic) bond motifs is 1. The summed E-state index contributed by atoms with van der Waals surface area (Å²) in [5, 5.41) is 0. The molecule has 2 saturated carbocycles. The molecule has 6 heteroatoms. The van der Waals surface area contributed by atoms with Crippen molar-refractivity contribution < 1.29 is 28.5 Å². The lowest BCUT2D eigenvalue weighted by Crippen LogP contribution is -2.33. The Balaban J connectivity index is 1.29. The Hall–Kier alpha value is -0.950. The number of hydrogen-bond donors (Lipinski definition) is 0. The second-order valence-corrected chi connectivity index (χ2v) is 10.4. The van der Waals surface area contributed by atoms with Crippen molar-refractivity contribution in [3.05, 3.63) is 12.2 Å². The van der Waals surface area contributed by atoms with Gasteiger partial charge in [-0.2, -0.15) is 0 Å².